The van der Waals surface area contributed by atoms with Gasteiger partial charge in [-0.2, -0.15) is 4.57 Å². The van der Waals surface area contributed by atoms with Gasteiger partial charge >= 0.3 is 0 Å². The summed E-state index contributed by atoms with van der Waals surface area (Å²) < 4.78 is 2.22. The van der Waals surface area contributed by atoms with Gasteiger partial charge in [0.2, 0.25) is 5.69 Å². The van der Waals surface area contributed by atoms with Crippen molar-refractivity contribution in [3.8, 4) is 22.6 Å². The summed E-state index contributed by atoms with van der Waals surface area (Å²) in [5.41, 5.74) is 8.50. The first-order chi connectivity index (χ1) is 13.9. The number of fused-ring (bicyclic) bond motifs is 1. The Hall–Kier alpha value is -3.07. The Labute approximate surface area is 173 Å². The van der Waals surface area contributed by atoms with Crippen molar-refractivity contribution in [1.82, 2.24) is 9.97 Å². The first kappa shape index (κ1) is 19.3. The first-order valence-corrected chi connectivity index (χ1v) is 10.2. The second kappa shape index (κ2) is 7.40. The lowest BCUT2D eigenvalue weighted by Crippen LogP contribution is -2.32. The molecule has 0 unspecified atom stereocenters. The molecule has 0 bridgehead atoms. The zero-order valence-corrected chi connectivity index (χ0v) is 18.1. The highest BCUT2D eigenvalue weighted by Gasteiger charge is 2.25. The quantitative estimate of drug-likeness (QED) is 0.417. The molecular formula is C26H28N3+. The number of hydrogen-bond acceptors (Lipinski definition) is 2. The molecule has 0 spiro atoms. The molecule has 2 aromatic heterocycles. The molecule has 4 rings (SSSR count). The number of benzene rings is 2. The zero-order valence-electron chi connectivity index (χ0n) is 18.1. The molecule has 0 N–H and O–H groups in total. The number of hydrogen-bond donors (Lipinski definition) is 0. The summed E-state index contributed by atoms with van der Waals surface area (Å²) in [5, 5.41) is 2.36. The number of pyridine rings is 1. The lowest BCUT2D eigenvalue weighted by molar-refractivity contribution is -0.658. The SMILES string of the molecule is Cc1cc(C)c(C)c(-c2c(-c3ncc(C(C)C)cn3)c3ccccc3c[n+]2C)c1. The van der Waals surface area contributed by atoms with Gasteiger partial charge in [-0.15, -0.1) is 0 Å². The molecule has 3 nitrogen and oxygen atoms in total. The number of rotatable bonds is 3. The molecule has 29 heavy (non-hydrogen) atoms. The van der Waals surface area contributed by atoms with Crippen molar-refractivity contribution in [3.05, 3.63) is 77.2 Å². The highest BCUT2D eigenvalue weighted by Crippen LogP contribution is 2.36. The average Bonchev–Trinajstić information content (AvgIpc) is 2.70. The maximum Gasteiger partial charge on any atom is 0.224 e. The van der Waals surface area contributed by atoms with Crippen LogP contribution in [-0.2, 0) is 7.05 Å². The summed E-state index contributed by atoms with van der Waals surface area (Å²) in [6, 6.07) is 13.0. The third kappa shape index (κ3) is 3.42. The van der Waals surface area contributed by atoms with E-state index in [0.717, 1.165) is 22.6 Å². The van der Waals surface area contributed by atoms with Gasteiger partial charge in [-0.05, 0) is 55.5 Å². The van der Waals surface area contributed by atoms with Crippen molar-refractivity contribution in [2.24, 2.45) is 7.05 Å². The van der Waals surface area contributed by atoms with E-state index in [1.807, 2.05) is 12.4 Å². The third-order valence-corrected chi connectivity index (χ3v) is 5.78. The van der Waals surface area contributed by atoms with Crippen LogP contribution in [0.25, 0.3) is 33.4 Å². The van der Waals surface area contributed by atoms with Crippen molar-refractivity contribution in [2.75, 3.05) is 0 Å². The smallest absolute Gasteiger partial charge is 0.224 e. The Bertz CT molecular complexity index is 1210. The van der Waals surface area contributed by atoms with E-state index >= 15 is 0 Å². The van der Waals surface area contributed by atoms with Crippen LogP contribution >= 0.6 is 0 Å². The van der Waals surface area contributed by atoms with Crippen LogP contribution in [0.5, 0.6) is 0 Å². The fourth-order valence-corrected chi connectivity index (χ4v) is 4.02. The minimum absolute atomic E-state index is 0.411. The van der Waals surface area contributed by atoms with Gasteiger partial charge in [0, 0.05) is 23.2 Å². The summed E-state index contributed by atoms with van der Waals surface area (Å²) in [6.07, 6.45) is 6.13. The molecule has 0 saturated heterocycles. The highest BCUT2D eigenvalue weighted by atomic mass is 14.9. The van der Waals surface area contributed by atoms with Crippen molar-refractivity contribution in [2.45, 2.75) is 40.5 Å². The molecule has 3 heteroatoms. The van der Waals surface area contributed by atoms with Crippen molar-refractivity contribution in [3.63, 3.8) is 0 Å². The molecule has 0 amide bonds. The molecule has 2 heterocycles. The molecule has 0 atom stereocenters. The first-order valence-electron chi connectivity index (χ1n) is 10.2. The largest absolute Gasteiger partial charge is 0.236 e. The summed E-state index contributed by atoms with van der Waals surface area (Å²) in [5.74, 6) is 1.18. The fraction of sp³-hybridized carbons (Fsp3) is 0.269. The van der Waals surface area contributed by atoms with Gasteiger partial charge in [-0.25, -0.2) is 9.97 Å². The van der Waals surface area contributed by atoms with Crippen molar-refractivity contribution >= 4 is 10.8 Å². The predicted molar refractivity (Wildman–Crippen MR) is 120 cm³/mol. The topological polar surface area (TPSA) is 29.7 Å². The normalized spacial score (nSPS) is 11.4. The van der Waals surface area contributed by atoms with Crippen LogP contribution in [0.2, 0.25) is 0 Å². The molecular weight excluding hydrogens is 354 g/mol. The van der Waals surface area contributed by atoms with Crippen LogP contribution in [0.3, 0.4) is 0 Å². The summed E-state index contributed by atoms with van der Waals surface area (Å²) in [6.45, 7) is 10.9. The van der Waals surface area contributed by atoms with E-state index < -0.39 is 0 Å². The second-order valence-electron chi connectivity index (χ2n) is 8.30. The number of aromatic nitrogens is 3. The molecule has 4 aromatic rings. The lowest BCUT2D eigenvalue weighted by Gasteiger charge is -2.14. The van der Waals surface area contributed by atoms with Gasteiger partial charge < -0.3 is 0 Å². The van der Waals surface area contributed by atoms with Gasteiger partial charge in [0.05, 0.1) is 11.1 Å². The highest BCUT2D eigenvalue weighted by molar-refractivity contribution is 5.99. The van der Waals surface area contributed by atoms with E-state index in [9.17, 15) is 0 Å². The molecule has 0 fully saturated rings. The summed E-state index contributed by atoms with van der Waals surface area (Å²) >= 11 is 0. The minimum Gasteiger partial charge on any atom is -0.236 e. The van der Waals surface area contributed by atoms with E-state index in [4.69, 9.17) is 9.97 Å². The van der Waals surface area contributed by atoms with Crippen LogP contribution in [0.4, 0.5) is 0 Å². The third-order valence-electron chi connectivity index (χ3n) is 5.78. The standard InChI is InChI=1S/C26H28N3/c1-16(2)21-13-27-26(28-14-21)24-22-10-8-7-9-20(22)15-29(6)25(24)23-12-17(3)11-18(4)19(23)5/h7-16H,1-6H3/q+1. The van der Waals surface area contributed by atoms with Gasteiger partial charge in [-0.3, -0.25) is 0 Å². The van der Waals surface area contributed by atoms with Crippen molar-refractivity contribution in [1.29, 1.82) is 0 Å². The monoisotopic (exact) mass is 382 g/mol. The van der Waals surface area contributed by atoms with Crippen LogP contribution in [0, 0.1) is 20.8 Å². The second-order valence-corrected chi connectivity index (χ2v) is 8.30. The molecule has 146 valence electrons. The van der Waals surface area contributed by atoms with Crippen LogP contribution in [0.15, 0.2) is 55.0 Å². The van der Waals surface area contributed by atoms with Gasteiger partial charge in [0.15, 0.2) is 12.0 Å². The van der Waals surface area contributed by atoms with E-state index in [1.54, 1.807) is 0 Å². The zero-order chi connectivity index (χ0) is 20.7. The van der Waals surface area contributed by atoms with E-state index in [-0.39, 0.29) is 0 Å². The van der Waals surface area contributed by atoms with E-state index in [0.29, 0.717) is 5.92 Å². The van der Waals surface area contributed by atoms with Crippen LogP contribution in [0.1, 0.15) is 42.0 Å². The Balaban J connectivity index is 2.10. The van der Waals surface area contributed by atoms with E-state index in [1.165, 1.54) is 33.0 Å². The lowest BCUT2D eigenvalue weighted by atomic mass is 9.92. The average molecular weight is 383 g/mol. The van der Waals surface area contributed by atoms with Crippen LogP contribution in [-0.4, -0.2) is 9.97 Å². The molecule has 0 aliphatic carbocycles. The summed E-state index contributed by atoms with van der Waals surface area (Å²) in [4.78, 5) is 9.60. The Morgan fingerprint density at radius 2 is 1.62 bits per heavy atom. The number of aryl methyl sites for hydroxylation is 3. The van der Waals surface area contributed by atoms with Gasteiger partial charge in [0.25, 0.3) is 0 Å². The molecule has 0 saturated carbocycles. The minimum atomic E-state index is 0.411. The van der Waals surface area contributed by atoms with Crippen molar-refractivity contribution < 1.29 is 4.57 Å². The molecule has 0 radical (unpaired) electrons. The maximum absolute atomic E-state index is 4.80. The summed E-state index contributed by atoms with van der Waals surface area (Å²) in [7, 11) is 2.12. The Morgan fingerprint density at radius 1 is 0.931 bits per heavy atom. The maximum atomic E-state index is 4.80. The number of nitrogens with zero attached hydrogens (tertiary/aromatic N) is 3. The van der Waals surface area contributed by atoms with E-state index in [2.05, 4.69) is 88.8 Å². The molecule has 0 aliphatic heterocycles. The fourth-order valence-electron chi connectivity index (χ4n) is 4.02. The van der Waals surface area contributed by atoms with Crippen LogP contribution < -0.4 is 4.57 Å². The van der Waals surface area contributed by atoms with Gasteiger partial charge in [0.1, 0.15) is 7.05 Å². The Morgan fingerprint density at radius 3 is 2.31 bits per heavy atom. The Kier molecular flexibility index (Phi) is 4.91. The van der Waals surface area contributed by atoms with Gasteiger partial charge in [-0.1, -0.05) is 43.7 Å². The predicted octanol–water partition coefficient (Wildman–Crippen LogP) is 5.84. The molecule has 0 aliphatic rings. The molecule has 2 aromatic carbocycles.